The summed E-state index contributed by atoms with van der Waals surface area (Å²) in [7, 11) is 1.66. The van der Waals surface area contributed by atoms with Gasteiger partial charge in [-0.1, -0.05) is 30.3 Å². The van der Waals surface area contributed by atoms with E-state index in [1.165, 1.54) is 6.07 Å². The maximum absolute atomic E-state index is 13.2. The average molecular weight is 400 g/mol. The molecular formula is C23H30FN3O2. The van der Waals surface area contributed by atoms with Gasteiger partial charge in [-0.05, 0) is 55.1 Å². The second-order valence-corrected chi connectivity index (χ2v) is 7.36. The van der Waals surface area contributed by atoms with Gasteiger partial charge < -0.3 is 15.0 Å². The first-order valence-corrected chi connectivity index (χ1v) is 10.3. The Morgan fingerprint density at radius 2 is 1.86 bits per heavy atom. The van der Waals surface area contributed by atoms with E-state index in [2.05, 4.69) is 10.2 Å². The van der Waals surface area contributed by atoms with Crippen molar-refractivity contribution in [2.75, 3.05) is 46.4 Å². The summed E-state index contributed by atoms with van der Waals surface area (Å²) in [6.45, 7) is 4.79. The van der Waals surface area contributed by atoms with Crippen molar-refractivity contribution in [1.29, 1.82) is 0 Å². The van der Waals surface area contributed by atoms with Gasteiger partial charge in [0.15, 0.2) is 0 Å². The van der Waals surface area contributed by atoms with E-state index < -0.39 is 0 Å². The van der Waals surface area contributed by atoms with Gasteiger partial charge in [0, 0.05) is 32.7 Å². The summed E-state index contributed by atoms with van der Waals surface area (Å²) in [5.41, 5.74) is 2.14. The van der Waals surface area contributed by atoms with Crippen LogP contribution in [-0.2, 0) is 12.8 Å². The summed E-state index contributed by atoms with van der Waals surface area (Å²) in [5.74, 6) is 0.682. The van der Waals surface area contributed by atoms with Crippen LogP contribution in [0.3, 0.4) is 0 Å². The first kappa shape index (κ1) is 21.1. The van der Waals surface area contributed by atoms with Crippen molar-refractivity contribution in [3.63, 3.8) is 0 Å². The number of piperazine rings is 1. The number of benzene rings is 2. The molecule has 2 aromatic carbocycles. The molecule has 5 nitrogen and oxygen atoms in total. The second-order valence-electron chi connectivity index (χ2n) is 7.36. The number of amides is 2. The maximum atomic E-state index is 13.2. The fraction of sp³-hybridized carbons (Fsp3) is 0.435. The van der Waals surface area contributed by atoms with Crippen LogP contribution in [0.4, 0.5) is 9.18 Å². The summed E-state index contributed by atoms with van der Waals surface area (Å²) >= 11 is 0. The molecule has 2 amide bonds. The fourth-order valence-corrected chi connectivity index (χ4v) is 3.70. The van der Waals surface area contributed by atoms with E-state index in [9.17, 15) is 9.18 Å². The Hall–Kier alpha value is -2.60. The number of rotatable bonds is 8. The van der Waals surface area contributed by atoms with E-state index in [4.69, 9.17) is 4.74 Å². The third-order valence-corrected chi connectivity index (χ3v) is 5.35. The third-order valence-electron chi connectivity index (χ3n) is 5.35. The number of methoxy groups -OCH3 is 1. The molecule has 0 aliphatic carbocycles. The maximum Gasteiger partial charge on any atom is 0.317 e. The van der Waals surface area contributed by atoms with Crippen molar-refractivity contribution in [2.24, 2.45) is 0 Å². The lowest BCUT2D eigenvalue weighted by atomic mass is 10.1. The Morgan fingerprint density at radius 1 is 1.07 bits per heavy atom. The lowest BCUT2D eigenvalue weighted by molar-refractivity contribution is 0.138. The molecule has 6 heteroatoms. The van der Waals surface area contributed by atoms with Gasteiger partial charge in [0.1, 0.15) is 11.6 Å². The SMILES string of the molecule is COc1ccccc1CCNC(=O)N1CCN(CCCc2cccc(F)c2)CC1. The van der Waals surface area contributed by atoms with Gasteiger partial charge in [-0.2, -0.15) is 0 Å². The molecule has 1 aliphatic rings. The molecule has 0 saturated carbocycles. The number of halogens is 1. The molecule has 29 heavy (non-hydrogen) atoms. The number of hydrogen-bond acceptors (Lipinski definition) is 3. The molecule has 1 heterocycles. The van der Waals surface area contributed by atoms with Gasteiger partial charge >= 0.3 is 6.03 Å². The number of hydrogen-bond donors (Lipinski definition) is 1. The zero-order chi connectivity index (χ0) is 20.5. The molecule has 0 aromatic heterocycles. The summed E-state index contributed by atoms with van der Waals surface area (Å²) in [6, 6.07) is 14.7. The van der Waals surface area contributed by atoms with Crippen molar-refractivity contribution < 1.29 is 13.9 Å². The van der Waals surface area contributed by atoms with E-state index >= 15 is 0 Å². The molecule has 0 unspecified atom stereocenters. The van der Waals surface area contributed by atoms with Gasteiger partial charge in [-0.3, -0.25) is 4.90 Å². The summed E-state index contributed by atoms with van der Waals surface area (Å²) in [6.07, 6.45) is 2.62. The lowest BCUT2D eigenvalue weighted by Gasteiger charge is -2.34. The smallest absolute Gasteiger partial charge is 0.317 e. The first-order chi connectivity index (χ1) is 14.2. The molecule has 1 aliphatic heterocycles. The molecule has 1 fully saturated rings. The number of carbonyl (C=O) groups excluding carboxylic acids is 1. The van der Waals surface area contributed by atoms with Gasteiger partial charge in [-0.15, -0.1) is 0 Å². The van der Waals surface area contributed by atoms with Crippen LogP contribution in [0.25, 0.3) is 0 Å². The highest BCUT2D eigenvalue weighted by atomic mass is 19.1. The zero-order valence-electron chi connectivity index (χ0n) is 17.1. The molecular weight excluding hydrogens is 369 g/mol. The minimum absolute atomic E-state index is 0.000640. The minimum atomic E-state index is -0.173. The van der Waals surface area contributed by atoms with Crippen molar-refractivity contribution >= 4 is 6.03 Å². The standard InChI is InChI=1S/C23H30FN3O2/c1-29-22-10-3-2-8-20(22)11-12-25-23(28)27-16-14-26(15-17-27)13-5-7-19-6-4-9-21(24)18-19/h2-4,6,8-10,18H,5,7,11-17H2,1H3,(H,25,28). The monoisotopic (exact) mass is 399 g/mol. The van der Waals surface area contributed by atoms with Crippen molar-refractivity contribution in [3.8, 4) is 5.75 Å². The number of nitrogens with one attached hydrogen (secondary N) is 1. The van der Waals surface area contributed by atoms with Crippen LogP contribution in [0.15, 0.2) is 48.5 Å². The molecule has 3 rings (SSSR count). The topological polar surface area (TPSA) is 44.8 Å². The third kappa shape index (κ3) is 6.46. The van der Waals surface area contributed by atoms with Crippen LogP contribution in [-0.4, -0.2) is 62.2 Å². The largest absolute Gasteiger partial charge is 0.496 e. The van der Waals surface area contributed by atoms with Gasteiger partial charge in [0.2, 0.25) is 0 Å². The lowest BCUT2D eigenvalue weighted by Crippen LogP contribution is -2.52. The van der Waals surface area contributed by atoms with E-state index in [1.807, 2.05) is 35.2 Å². The Balaban J connectivity index is 1.33. The summed E-state index contributed by atoms with van der Waals surface area (Å²) in [4.78, 5) is 16.7. The molecule has 156 valence electrons. The molecule has 1 N–H and O–H groups in total. The van der Waals surface area contributed by atoms with Crippen molar-refractivity contribution in [1.82, 2.24) is 15.1 Å². The summed E-state index contributed by atoms with van der Waals surface area (Å²) < 4.78 is 18.6. The first-order valence-electron chi connectivity index (χ1n) is 10.3. The van der Waals surface area contributed by atoms with Crippen LogP contribution in [0.1, 0.15) is 17.5 Å². The Kier molecular flexibility index (Phi) is 7.87. The van der Waals surface area contributed by atoms with Crippen LogP contribution >= 0.6 is 0 Å². The van der Waals surface area contributed by atoms with Gasteiger partial charge in [0.25, 0.3) is 0 Å². The predicted molar refractivity (Wildman–Crippen MR) is 113 cm³/mol. The van der Waals surface area contributed by atoms with Gasteiger partial charge in [0.05, 0.1) is 7.11 Å². The molecule has 1 saturated heterocycles. The average Bonchev–Trinajstić information content (AvgIpc) is 2.74. The van der Waals surface area contributed by atoms with Crippen LogP contribution in [0.2, 0.25) is 0 Å². The number of para-hydroxylation sites is 1. The van der Waals surface area contributed by atoms with E-state index in [0.29, 0.717) is 6.54 Å². The Bertz CT molecular complexity index is 791. The van der Waals surface area contributed by atoms with Crippen molar-refractivity contribution in [2.45, 2.75) is 19.3 Å². The molecule has 0 spiro atoms. The van der Waals surface area contributed by atoms with Crippen LogP contribution < -0.4 is 10.1 Å². The predicted octanol–water partition coefficient (Wildman–Crippen LogP) is 3.34. The number of urea groups is 1. The van der Waals surface area contributed by atoms with Crippen molar-refractivity contribution in [3.05, 3.63) is 65.5 Å². The number of nitrogens with zero attached hydrogens (tertiary/aromatic N) is 2. The Labute approximate surface area is 172 Å². The quantitative estimate of drug-likeness (QED) is 0.741. The zero-order valence-corrected chi connectivity index (χ0v) is 17.1. The van der Waals surface area contributed by atoms with Gasteiger partial charge in [-0.25, -0.2) is 9.18 Å². The summed E-state index contributed by atoms with van der Waals surface area (Å²) in [5, 5.41) is 3.01. The number of ether oxygens (including phenoxy) is 1. The van der Waals surface area contributed by atoms with Crippen LogP contribution in [0, 0.1) is 5.82 Å². The second kappa shape index (κ2) is 10.8. The molecule has 0 bridgehead atoms. The minimum Gasteiger partial charge on any atom is -0.496 e. The highest BCUT2D eigenvalue weighted by Crippen LogP contribution is 2.17. The van der Waals surface area contributed by atoms with E-state index in [-0.39, 0.29) is 11.8 Å². The fourth-order valence-electron chi connectivity index (χ4n) is 3.70. The molecule has 0 radical (unpaired) electrons. The van der Waals surface area contributed by atoms with E-state index in [1.54, 1.807) is 19.2 Å². The van der Waals surface area contributed by atoms with Crippen LogP contribution in [0.5, 0.6) is 5.75 Å². The normalized spacial score (nSPS) is 14.6. The molecule has 2 aromatic rings. The van der Waals surface area contributed by atoms with E-state index in [0.717, 1.165) is 68.9 Å². The molecule has 0 atom stereocenters. The number of aryl methyl sites for hydroxylation is 1. The highest BCUT2D eigenvalue weighted by molar-refractivity contribution is 5.74. The Morgan fingerprint density at radius 3 is 2.62 bits per heavy atom. The number of carbonyl (C=O) groups is 1. The highest BCUT2D eigenvalue weighted by Gasteiger charge is 2.20.